The van der Waals surface area contributed by atoms with Crippen molar-refractivity contribution < 1.29 is 14.7 Å². The molecule has 1 aliphatic rings. The molecule has 0 aromatic heterocycles. The molecule has 2 N–H and O–H groups in total. The number of nitrogens with zero attached hydrogens (tertiary/aromatic N) is 1. The minimum Gasteiger partial charge on any atom is -0.480 e. The number of carbonyl (C=O) groups is 2. The molecule has 5 heteroatoms. The zero-order chi connectivity index (χ0) is 14.5. The van der Waals surface area contributed by atoms with E-state index in [0.29, 0.717) is 6.42 Å². The largest absolute Gasteiger partial charge is 0.480 e. The SMILES string of the molecule is CCCC(C)(NCC(=O)N1CCCCC1C)C(=O)O. The number of carbonyl (C=O) groups excluding carboxylic acids is 1. The Morgan fingerprint density at radius 1 is 1.42 bits per heavy atom. The van der Waals surface area contributed by atoms with E-state index < -0.39 is 11.5 Å². The van der Waals surface area contributed by atoms with Gasteiger partial charge in [-0.2, -0.15) is 0 Å². The van der Waals surface area contributed by atoms with E-state index in [9.17, 15) is 14.7 Å². The van der Waals surface area contributed by atoms with Crippen molar-refractivity contribution in [2.24, 2.45) is 0 Å². The third-order valence-corrected chi connectivity index (χ3v) is 3.98. The van der Waals surface area contributed by atoms with Crippen molar-refractivity contribution in [1.82, 2.24) is 10.2 Å². The van der Waals surface area contributed by atoms with Crippen LogP contribution >= 0.6 is 0 Å². The molecular weight excluding hydrogens is 244 g/mol. The van der Waals surface area contributed by atoms with Crippen LogP contribution in [0, 0.1) is 0 Å². The highest BCUT2D eigenvalue weighted by Gasteiger charge is 2.33. The monoisotopic (exact) mass is 270 g/mol. The van der Waals surface area contributed by atoms with Gasteiger partial charge in [0.15, 0.2) is 0 Å². The average molecular weight is 270 g/mol. The molecule has 1 rings (SSSR count). The minimum atomic E-state index is -1.01. The third kappa shape index (κ3) is 4.20. The molecule has 0 saturated carbocycles. The predicted molar refractivity (Wildman–Crippen MR) is 74.0 cm³/mol. The number of amides is 1. The molecule has 0 spiro atoms. The predicted octanol–water partition coefficient (Wildman–Crippen LogP) is 1.62. The van der Waals surface area contributed by atoms with Crippen molar-refractivity contribution in [3.63, 3.8) is 0 Å². The first-order chi connectivity index (χ1) is 8.90. The van der Waals surface area contributed by atoms with Crippen molar-refractivity contribution in [2.45, 2.75) is 64.5 Å². The van der Waals surface area contributed by atoms with Gasteiger partial charge in [-0.3, -0.25) is 14.9 Å². The summed E-state index contributed by atoms with van der Waals surface area (Å²) in [6, 6.07) is 0.269. The van der Waals surface area contributed by atoms with Crippen molar-refractivity contribution in [2.75, 3.05) is 13.1 Å². The van der Waals surface area contributed by atoms with Crippen molar-refractivity contribution in [3.8, 4) is 0 Å². The molecule has 2 unspecified atom stereocenters. The van der Waals surface area contributed by atoms with Gasteiger partial charge in [-0.05, 0) is 39.5 Å². The summed E-state index contributed by atoms with van der Waals surface area (Å²) in [5, 5.41) is 12.2. The molecule has 5 nitrogen and oxygen atoms in total. The molecule has 0 aromatic carbocycles. The second-order valence-electron chi connectivity index (χ2n) is 5.67. The summed E-state index contributed by atoms with van der Waals surface area (Å²) in [7, 11) is 0. The van der Waals surface area contributed by atoms with Gasteiger partial charge in [0.25, 0.3) is 0 Å². The first-order valence-corrected chi connectivity index (χ1v) is 7.18. The summed E-state index contributed by atoms with van der Waals surface area (Å²) in [5.41, 5.74) is -1.01. The first kappa shape index (κ1) is 16.0. The van der Waals surface area contributed by atoms with Crippen LogP contribution in [0.3, 0.4) is 0 Å². The molecule has 1 fully saturated rings. The molecular formula is C14H26N2O3. The number of aliphatic carboxylic acids is 1. The van der Waals surface area contributed by atoms with E-state index in [-0.39, 0.29) is 18.5 Å². The zero-order valence-electron chi connectivity index (χ0n) is 12.2. The molecule has 1 amide bonds. The van der Waals surface area contributed by atoms with E-state index in [4.69, 9.17) is 0 Å². The highest BCUT2D eigenvalue weighted by atomic mass is 16.4. The molecule has 0 bridgehead atoms. The lowest BCUT2D eigenvalue weighted by atomic mass is 9.96. The summed E-state index contributed by atoms with van der Waals surface area (Å²) in [6.45, 7) is 6.54. The van der Waals surface area contributed by atoms with Crippen LogP contribution in [0.5, 0.6) is 0 Å². The van der Waals surface area contributed by atoms with Crippen molar-refractivity contribution in [1.29, 1.82) is 0 Å². The van der Waals surface area contributed by atoms with Crippen LogP contribution in [0.1, 0.15) is 52.9 Å². The maximum atomic E-state index is 12.2. The van der Waals surface area contributed by atoms with Gasteiger partial charge in [-0.25, -0.2) is 0 Å². The van der Waals surface area contributed by atoms with Crippen LogP contribution in [0.15, 0.2) is 0 Å². The molecule has 2 atom stereocenters. The summed E-state index contributed by atoms with van der Waals surface area (Å²) < 4.78 is 0. The fraction of sp³-hybridized carbons (Fsp3) is 0.857. The van der Waals surface area contributed by atoms with Crippen LogP contribution in [0.25, 0.3) is 0 Å². The van der Waals surface area contributed by atoms with E-state index in [1.807, 2.05) is 11.8 Å². The van der Waals surface area contributed by atoms with Gasteiger partial charge in [0.05, 0.1) is 6.54 Å². The number of piperidine rings is 1. The number of carboxylic acids is 1. The topological polar surface area (TPSA) is 69.6 Å². The number of rotatable bonds is 6. The highest BCUT2D eigenvalue weighted by Crippen LogP contribution is 2.17. The number of carboxylic acid groups (broad SMARTS) is 1. The lowest BCUT2D eigenvalue weighted by Gasteiger charge is -2.35. The Morgan fingerprint density at radius 3 is 2.63 bits per heavy atom. The molecule has 0 radical (unpaired) electrons. The highest BCUT2D eigenvalue weighted by molar-refractivity contribution is 5.82. The maximum absolute atomic E-state index is 12.2. The van der Waals surface area contributed by atoms with Gasteiger partial charge in [-0.1, -0.05) is 13.3 Å². The number of nitrogens with one attached hydrogen (secondary N) is 1. The smallest absolute Gasteiger partial charge is 0.323 e. The minimum absolute atomic E-state index is 0.00998. The summed E-state index contributed by atoms with van der Waals surface area (Å²) >= 11 is 0. The Balaban J connectivity index is 2.54. The van der Waals surface area contributed by atoms with Gasteiger partial charge < -0.3 is 10.0 Å². The third-order valence-electron chi connectivity index (χ3n) is 3.98. The maximum Gasteiger partial charge on any atom is 0.323 e. The van der Waals surface area contributed by atoms with Crippen molar-refractivity contribution >= 4 is 11.9 Å². The Bertz CT molecular complexity index is 333. The molecule has 1 saturated heterocycles. The van der Waals surface area contributed by atoms with Gasteiger partial charge in [0.1, 0.15) is 5.54 Å². The van der Waals surface area contributed by atoms with Crippen LogP contribution in [-0.4, -0.2) is 46.6 Å². The van der Waals surface area contributed by atoms with Gasteiger partial charge in [-0.15, -0.1) is 0 Å². The van der Waals surface area contributed by atoms with Crippen LogP contribution in [0.2, 0.25) is 0 Å². The number of hydrogen-bond donors (Lipinski definition) is 2. The summed E-state index contributed by atoms with van der Waals surface area (Å²) in [6.07, 6.45) is 4.54. The Morgan fingerprint density at radius 2 is 2.11 bits per heavy atom. The van der Waals surface area contributed by atoms with E-state index in [2.05, 4.69) is 12.2 Å². The molecule has 19 heavy (non-hydrogen) atoms. The molecule has 0 aromatic rings. The molecule has 0 aliphatic carbocycles. The van der Waals surface area contributed by atoms with Crippen molar-refractivity contribution in [3.05, 3.63) is 0 Å². The standard InChI is InChI=1S/C14H26N2O3/c1-4-8-14(3,13(18)19)15-10-12(17)16-9-6-5-7-11(16)2/h11,15H,4-10H2,1-3H3,(H,18,19). The fourth-order valence-corrected chi connectivity index (χ4v) is 2.61. The zero-order valence-corrected chi connectivity index (χ0v) is 12.2. The molecule has 1 heterocycles. The first-order valence-electron chi connectivity index (χ1n) is 7.18. The second-order valence-corrected chi connectivity index (χ2v) is 5.67. The van der Waals surface area contributed by atoms with Gasteiger partial charge >= 0.3 is 5.97 Å². The number of hydrogen-bond acceptors (Lipinski definition) is 3. The normalized spacial score (nSPS) is 22.9. The quantitative estimate of drug-likeness (QED) is 0.769. The lowest BCUT2D eigenvalue weighted by Crippen LogP contribution is -2.54. The second kappa shape index (κ2) is 6.89. The average Bonchev–Trinajstić information content (AvgIpc) is 2.36. The lowest BCUT2D eigenvalue weighted by molar-refractivity contribution is -0.145. The van der Waals surface area contributed by atoms with Gasteiger partial charge in [0, 0.05) is 12.6 Å². The Hall–Kier alpha value is -1.10. The van der Waals surface area contributed by atoms with E-state index >= 15 is 0 Å². The Labute approximate surface area is 115 Å². The molecule has 1 aliphatic heterocycles. The fourth-order valence-electron chi connectivity index (χ4n) is 2.61. The molecule has 110 valence electrons. The summed E-state index contributed by atoms with van der Waals surface area (Å²) in [4.78, 5) is 25.3. The van der Waals surface area contributed by atoms with Crippen LogP contribution in [0.4, 0.5) is 0 Å². The van der Waals surface area contributed by atoms with Crippen LogP contribution < -0.4 is 5.32 Å². The summed E-state index contributed by atoms with van der Waals surface area (Å²) in [5.74, 6) is -0.885. The van der Waals surface area contributed by atoms with E-state index in [1.165, 1.54) is 6.42 Å². The van der Waals surface area contributed by atoms with Crippen LogP contribution in [-0.2, 0) is 9.59 Å². The van der Waals surface area contributed by atoms with E-state index in [0.717, 1.165) is 25.8 Å². The Kier molecular flexibility index (Phi) is 5.79. The van der Waals surface area contributed by atoms with E-state index in [1.54, 1.807) is 6.92 Å². The number of likely N-dealkylation sites (tertiary alicyclic amines) is 1. The van der Waals surface area contributed by atoms with Gasteiger partial charge in [0.2, 0.25) is 5.91 Å².